The van der Waals surface area contributed by atoms with Gasteiger partial charge in [0.1, 0.15) is 5.82 Å². The Morgan fingerprint density at radius 1 is 1.17 bits per heavy atom. The van der Waals surface area contributed by atoms with Crippen molar-refractivity contribution >= 4 is 5.69 Å². The van der Waals surface area contributed by atoms with Crippen LogP contribution in [0.25, 0.3) is 0 Å². The first-order valence-corrected chi connectivity index (χ1v) is 6.07. The second-order valence-electron chi connectivity index (χ2n) is 4.43. The lowest BCUT2D eigenvalue weighted by atomic mass is 10.1. The number of aryl methyl sites for hydroxylation is 2. The van der Waals surface area contributed by atoms with Gasteiger partial charge in [0.25, 0.3) is 0 Å². The van der Waals surface area contributed by atoms with Crippen LogP contribution >= 0.6 is 0 Å². The van der Waals surface area contributed by atoms with Gasteiger partial charge in [-0.3, -0.25) is 4.98 Å². The number of hydrogen-bond acceptors (Lipinski definition) is 2. The Morgan fingerprint density at radius 2 is 2.00 bits per heavy atom. The molecule has 0 aliphatic rings. The predicted octanol–water partition coefficient (Wildman–Crippen LogP) is 3.49. The van der Waals surface area contributed by atoms with Crippen LogP contribution in [0.2, 0.25) is 0 Å². The molecule has 1 aromatic carbocycles. The summed E-state index contributed by atoms with van der Waals surface area (Å²) in [4.78, 5) is 4.15. The Bertz CT molecular complexity index is 538. The van der Waals surface area contributed by atoms with E-state index < -0.39 is 0 Å². The molecule has 2 nitrogen and oxygen atoms in total. The molecule has 0 saturated carbocycles. The van der Waals surface area contributed by atoms with Gasteiger partial charge in [0.15, 0.2) is 0 Å². The van der Waals surface area contributed by atoms with Crippen molar-refractivity contribution in [1.29, 1.82) is 0 Å². The molecule has 2 aromatic rings. The average Bonchev–Trinajstić information content (AvgIpc) is 2.32. The third kappa shape index (κ3) is 3.29. The van der Waals surface area contributed by atoms with Crippen LogP contribution in [0, 0.1) is 19.7 Å². The summed E-state index contributed by atoms with van der Waals surface area (Å²) in [6, 6.07) is 8.90. The standard InChI is InChI=1S/C15H17FN2/c1-11-9-14(16)4-3-13(11)5-7-18-15-6-8-17-12(2)10-15/h3-4,6,8-10H,5,7H2,1-2H3,(H,17,18). The van der Waals surface area contributed by atoms with Crippen molar-refractivity contribution in [3.8, 4) is 0 Å². The second kappa shape index (κ2) is 5.63. The highest BCUT2D eigenvalue weighted by Gasteiger charge is 2.00. The van der Waals surface area contributed by atoms with Crippen LogP contribution in [0.4, 0.5) is 10.1 Å². The Labute approximate surface area is 107 Å². The van der Waals surface area contributed by atoms with E-state index in [-0.39, 0.29) is 5.82 Å². The highest BCUT2D eigenvalue weighted by molar-refractivity contribution is 5.43. The van der Waals surface area contributed by atoms with Crippen LogP contribution in [-0.2, 0) is 6.42 Å². The van der Waals surface area contributed by atoms with Gasteiger partial charge in [0.2, 0.25) is 0 Å². The molecule has 0 unspecified atom stereocenters. The number of nitrogens with zero attached hydrogens (tertiary/aromatic N) is 1. The number of pyridine rings is 1. The summed E-state index contributed by atoms with van der Waals surface area (Å²) < 4.78 is 13.0. The molecular weight excluding hydrogens is 227 g/mol. The fourth-order valence-corrected chi connectivity index (χ4v) is 1.94. The molecule has 2 rings (SSSR count). The van der Waals surface area contributed by atoms with Crippen LogP contribution in [-0.4, -0.2) is 11.5 Å². The Kier molecular flexibility index (Phi) is 3.92. The quantitative estimate of drug-likeness (QED) is 0.890. The Morgan fingerprint density at radius 3 is 2.72 bits per heavy atom. The molecule has 0 aliphatic carbocycles. The molecule has 0 radical (unpaired) electrons. The van der Waals surface area contributed by atoms with Gasteiger partial charge in [-0.05, 0) is 55.7 Å². The Hall–Kier alpha value is -1.90. The summed E-state index contributed by atoms with van der Waals surface area (Å²) in [6.45, 7) is 4.74. The van der Waals surface area contributed by atoms with E-state index in [0.717, 1.165) is 29.9 Å². The van der Waals surface area contributed by atoms with Gasteiger partial charge >= 0.3 is 0 Å². The van der Waals surface area contributed by atoms with Crippen molar-refractivity contribution in [2.24, 2.45) is 0 Å². The maximum Gasteiger partial charge on any atom is 0.123 e. The number of benzene rings is 1. The summed E-state index contributed by atoms with van der Waals surface area (Å²) >= 11 is 0. The molecule has 0 bridgehead atoms. The van der Waals surface area contributed by atoms with E-state index in [0.29, 0.717) is 0 Å². The summed E-state index contributed by atoms with van der Waals surface area (Å²) in [7, 11) is 0. The number of nitrogens with one attached hydrogen (secondary N) is 1. The van der Waals surface area contributed by atoms with E-state index in [1.54, 1.807) is 12.3 Å². The van der Waals surface area contributed by atoms with E-state index in [2.05, 4.69) is 10.3 Å². The molecule has 0 fully saturated rings. The minimum atomic E-state index is -0.172. The van der Waals surface area contributed by atoms with Crippen LogP contribution in [0.15, 0.2) is 36.5 Å². The Balaban J connectivity index is 1.92. The lowest BCUT2D eigenvalue weighted by Crippen LogP contribution is -2.06. The van der Waals surface area contributed by atoms with E-state index in [9.17, 15) is 4.39 Å². The normalized spacial score (nSPS) is 10.4. The molecule has 94 valence electrons. The van der Waals surface area contributed by atoms with Crippen LogP contribution < -0.4 is 5.32 Å². The first-order valence-electron chi connectivity index (χ1n) is 6.07. The zero-order valence-corrected chi connectivity index (χ0v) is 10.7. The number of aromatic nitrogens is 1. The fourth-order valence-electron chi connectivity index (χ4n) is 1.94. The van der Waals surface area contributed by atoms with Gasteiger partial charge in [-0.25, -0.2) is 4.39 Å². The molecule has 1 N–H and O–H groups in total. The lowest BCUT2D eigenvalue weighted by Gasteiger charge is -2.09. The molecule has 0 aliphatic heterocycles. The van der Waals surface area contributed by atoms with E-state index in [1.807, 2.05) is 32.0 Å². The first kappa shape index (κ1) is 12.6. The van der Waals surface area contributed by atoms with E-state index in [1.165, 1.54) is 11.6 Å². The molecule has 0 amide bonds. The van der Waals surface area contributed by atoms with Crippen LogP contribution in [0.5, 0.6) is 0 Å². The monoisotopic (exact) mass is 244 g/mol. The molecule has 1 aromatic heterocycles. The average molecular weight is 244 g/mol. The van der Waals surface area contributed by atoms with Gasteiger partial charge in [-0.1, -0.05) is 6.07 Å². The van der Waals surface area contributed by atoms with Gasteiger partial charge in [-0.2, -0.15) is 0 Å². The molecular formula is C15H17FN2. The van der Waals surface area contributed by atoms with Crippen molar-refractivity contribution < 1.29 is 4.39 Å². The second-order valence-corrected chi connectivity index (χ2v) is 4.43. The zero-order chi connectivity index (χ0) is 13.0. The molecule has 18 heavy (non-hydrogen) atoms. The topological polar surface area (TPSA) is 24.9 Å². The predicted molar refractivity (Wildman–Crippen MR) is 72.3 cm³/mol. The lowest BCUT2D eigenvalue weighted by molar-refractivity contribution is 0.625. The van der Waals surface area contributed by atoms with Gasteiger partial charge in [0, 0.05) is 24.1 Å². The minimum Gasteiger partial charge on any atom is -0.385 e. The molecule has 0 spiro atoms. The van der Waals surface area contributed by atoms with Crippen molar-refractivity contribution in [1.82, 2.24) is 4.98 Å². The largest absolute Gasteiger partial charge is 0.385 e. The highest BCUT2D eigenvalue weighted by atomic mass is 19.1. The van der Waals surface area contributed by atoms with E-state index >= 15 is 0 Å². The van der Waals surface area contributed by atoms with Gasteiger partial charge < -0.3 is 5.32 Å². The van der Waals surface area contributed by atoms with Crippen LogP contribution in [0.3, 0.4) is 0 Å². The number of anilines is 1. The van der Waals surface area contributed by atoms with Gasteiger partial charge in [-0.15, -0.1) is 0 Å². The smallest absolute Gasteiger partial charge is 0.123 e. The van der Waals surface area contributed by atoms with Crippen molar-refractivity contribution in [3.63, 3.8) is 0 Å². The van der Waals surface area contributed by atoms with Crippen LogP contribution in [0.1, 0.15) is 16.8 Å². The molecule has 0 atom stereocenters. The summed E-state index contributed by atoms with van der Waals surface area (Å²) in [6.07, 6.45) is 2.67. The van der Waals surface area contributed by atoms with Gasteiger partial charge in [0.05, 0.1) is 0 Å². The third-order valence-corrected chi connectivity index (χ3v) is 2.92. The molecule has 1 heterocycles. The summed E-state index contributed by atoms with van der Waals surface area (Å²) in [5, 5.41) is 3.34. The molecule has 0 saturated heterocycles. The maximum atomic E-state index is 13.0. The minimum absolute atomic E-state index is 0.172. The summed E-state index contributed by atoms with van der Waals surface area (Å²) in [5.41, 5.74) is 4.25. The summed E-state index contributed by atoms with van der Waals surface area (Å²) in [5.74, 6) is -0.172. The molecule has 3 heteroatoms. The van der Waals surface area contributed by atoms with Crippen molar-refractivity contribution in [3.05, 3.63) is 59.2 Å². The number of halogens is 1. The maximum absolute atomic E-state index is 13.0. The first-order chi connectivity index (χ1) is 8.65. The number of hydrogen-bond donors (Lipinski definition) is 1. The third-order valence-electron chi connectivity index (χ3n) is 2.92. The van der Waals surface area contributed by atoms with E-state index in [4.69, 9.17) is 0 Å². The van der Waals surface area contributed by atoms with Crippen molar-refractivity contribution in [2.75, 3.05) is 11.9 Å². The fraction of sp³-hybridized carbons (Fsp3) is 0.267. The van der Waals surface area contributed by atoms with Crippen molar-refractivity contribution in [2.45, 2.75) is 20.3 Å². The zero-order valence-electron chi connectivity index (χ0n) is 10.7. The SMILES string of the molecule is Cc1cc(NCCc2ccc(F)cc2C)ccn1. The number of rotatable bonds is 4. The highest BCUT2D eigenvalue weighted by Crippen LogP contribution is 2.12.